The zero-order valence-electron chi connectivity index (χ0n) is 6.95. The molecule has 0 bridgehead atoms. The van der Waals surface area contributed by atoms with Crippen LogP contribution in [0.3, 0.4) is 0 Å². The van der Waals surface area contributed by atoms with E-state index < -0.39 is 14.9 Å². The van der Waals surface area contributed by atoms with Crippen molar-refractivity contribution < 1.29 is 13.3 Å². The second-order valence-electron chi connectivity index (χ2n) is 2.59. The monoisotopic (exact) mass is 217 g/mol. The third-order valence-corrected chi connectivity index (χ3v) is 2.10. The van der Waals surface area contributed by atoms with E-state index in [1.807, 2.05) is 0 Å². The summed E-state index contributed by atoms with van der Waals surface area (Å²) in [7, 11) is -3.62. The fraction of sp³-hybridized carbons (Fsp3) is 0.167. The molecule has 0 amide bonds. The third-order valence-electron chi connectivity index (χ3n) is 1.36. The van der Waals surface area contributed by atoms with Gasteiger partial charge < -0.3 is 10.1 Å². The highest BCUT2D eigenvalue weighted by Gasteiger charge is 2.10. The van der Waals surface area contributed by atoms with Gasteiger partial charge in [-0.25, -0.2) is 13.6 Å². The molecule has 0 aliphatic carbocycles. The zero-order chi connectivity index (χ0) is 10.8. The van der Waals surface area contributed by atoms with Gasteiger partial charge in [-0.2, -0.15) is 0 Å². The molecule has 8 heteroatoms. The van der Waals surface area contributed by atoms with Gasteiger partial charge in [-0.15, -0.1) is 0 Å². The van der Waals surface area contributed by atoms with Crippen molar-refractivity contribution in [1.82, 2.24) is 4.98 Å². The smallest absolute Gasteiger partial charge is 0.358 e. The highest BCUT2D eigenvalue weighted by atomic mass is 32.2. The van der Waals surface area contributed by atoms with Gasteiger partial charge in [0.2, 0.25) is 10.0 Å². The minimum absolute atomic E-state index is 0.318. The maximum atomic E-state index is 10.6. The number of nitro groups is 1. The molecular weight excluding hydrogens is 210 g/mol. The third kappa shape index (κ3) is 3.07. The molecule has 14 heavy (non-hydrogen) atoms. The predicted octanol–water partition coefficient (Wildman–Crippen LogP) is -0.222. The van der Waals surface area contributed by atoms with Crippen LogP contribution < -0.4 is 5.14 Å². The van der Waals surface area contributed by atoms with E-state index in [1.54, 1.807) is 0 Å². The van der Waals surface area contributed by atoms with E-state index >= 15 is 0 Å². The molecule has 0 unspecified atom stereocenters. The highest BCUT2D eigenvalue weighted by molar-refractivity contribution is 7.88. The predicted molar refractivity (Wildman–Crippen MR) is 47.7 cm³/mol. The first-order chi connectivity index (χ1) is 6.38. The lowest BCUT2D eigenvalue weighted by Crippen LogP contribution is -2.14. The number of rotatable bonds is 3. The van der Waals surface area contributed by atoms with Crippen LogP contribution in [0.4, 0.5) is 5.82 Å². The van der Waals surface area contributed by atoms with Gasteiger partial charge in [0.05, 0.1) is 5.75 Å². The Kier molecular flexibility index (Phi) is 2.77. The summed E-state index contributed by atoms with van der Waals surface area (Å²) in [6.45, 7) is 0. The summed E-state index contributed by atoms with van der Waals surface area (Å²) in [5, 5.41) is 15.0. The Morgan fingerprint density at radius 2 is 2.14 bits per heavy atom. The largest absolute Gasteiger partial charge is 0.363 e. The first-order valence-electron chi connectivity index (χ1n) is 3.48. The van der Waals surface area contributed by atoms with E-state index in [2.05, 4.69) is 4.98 Å². The normalized spacial score (nSPS) is 11.2. The van der Waals surface area contributed by atoms with Crippen molar-refractivity contribution in [3.8, 4) is 0 Å². The Balaban J connectivity index is 2.90. The van der Waals surface area contributed by atoms with E-state index in [9.17, 15) is 18.5 Å². The molecule has 0 saturated carbocycles. The van der Waals surface area contributed by atoms with Gasteiger partial charge in [-0.3, -0.25) is 0 Å². The number of primary sulfonamides is 1. The lowest BCUT2D eigenvalue weighted by atomic mass is 10.3. The molecule has 0 saturated heterocycles. The summed E-state index contributed by atoms with van der Waals surface area (Å²) in [5.74, 6) is -0.707. The molecule has 0 aliphatic heterocycles. The second kappa shape index (κ2) is 3.68. The topological polar surface area (TPSA) is 116 Å². The van der Waals surface area contributed by atoms with Crippen LogP contribution >= 0.6 is 0 Å². The maximum Gasteiger partial charge on any atom is 0.363 e. The summed E-state index contributed by atoms with van der Waals surface area (Å²) in [4.78, 5) is 13.0. The first-order valence-corrected chi connectivity index (χ1v) is 5.20. The number of hydrogen-bond donors (Lipinski definition) is 1. The number of sulfonamides is 1. The average molecular weight is 217 g/mol. The molecule has 1 rings (SSSR count). The fourth-order valence-electron chi connectivity index (χ4n) is 0.842. The maximum absolute atomic E-state index is 10.6. The molecule has 0 fully saturated rings. The van der Waals surface area contributed by atoms with Gasteiger partial charge in [0.15, 0.2) is 0 Å². The molecule has 2 N–H and O–H groups in total. The summed E-state index contributed by atoms with van der Waals surface area (Å²) >= 11 is 0. The quantitative estimate of drug-likeness (QED) is 0.554. The molecule has 0 spiro atoms. The zero-order valence-corrected chi connectivity index (χ0v) is 7.77. The average Bonchev–Trinajstić information content (AvgIpc) is 2.02. The molecule has 7 nitrogen and oxygen atoms in total. The van der Waals surface area contributed by atoms with Crippen molar-refractivity contribution in [3.05, 3.63) is 34.0 Å². The summed E-state index contributed by atoms with van der Waals surface area (Å²) in [6, 6.07) is 2.43. The Morgan fingerprint density at radius 1 is 1.50 bits per heavy atom. The number of pyridine rings is 1. The minimum atomic E-state index is -3.62. The van der Waals surface area contributed by atoms with E-state index in [-0.39, 0.29) is 11.6 Å². The van der Waals surface area contributed by atoms with Crippen molar-refractivity contribution in [2.75, 3.05) is 0 Å². The van der Waals surface area contributed by atoms with Crippen molar-refractivity contribution in [3.63, 3.8) is 0 Å². The van der Waals surface area contributed by atoms with Gasteiger partial charge in [0.25, 0.3) is 0 Å². The van der Waals surface area contributed by atoms with E-state index in [1.165, 1.54) is 6.07 Å². The summed E-state index contributed by atoms with van der Waals surface area (Å²) in [5.41, 5.74) is 0.318. The van der Waals surface area contributed by atoms with Crippen molar-refractivity contribution in [2.24, 2.45) is 5.14 Å². The van der Waals surface area contributed by atoms with E-state index in [0.717, 1.165) is 12.3 Å². The van der Waals surface area contributed by atoms with Gasteiger partial charge in [0, 0.05) is 11.6 Å². The number of nitrogens with zero attached hydrogens (tertiary/aromatic N) is 2. The van der Waals surface area contributed by atoms with Crippen molar-refractivity contribution in [1.29, 1.82) is 0 Å². The van der Waals surface area contributed by atoms with E-state index in [0.29, 0.717) is 5.56 Å². The Hall–Kier alpha value is -1.54. The van der Waals surface area contributed by atoms with Crippen molar-refractivity contribution >= 4 is 15.8 Å². The van der Waals surface area contributed by atoms with Crippen LogP contribution in [0, 0.1) is 10.1 Å². The van der Waals surface area contributed by atoms with Crippen LogP contribution in [0.15, 0.2) is 18.3 Å². The van der Waals surface area contributed by atoms with Gasteiger partial charge in [-0.1, -0.05) is 0 Å². The molecule has 0 aromatic carbocycles. The first kappa shape index (κ1) is 10.5. The Morgan fingerprint density at radius 3 is 2.50 bits per heavy atom. The molecule has 1 aromatic rings. The molecule has 0 aliphatic rings. The minimum Gasteiger partial charge on any atom is -0.358 e. The molecule has 0 atom stereocenters. The SMILES string of the molecule is NS(=O)(=O)Cc1ccc([N+](=O)[O-])nc1. The molecular formula is C6H7N3O4S. The highest BCUT2D eigenvalue weighted by Crippen LogP contribution is 2.08. The van der Waals surface area contributed by atoms with Crippen LogP contribution in [-0.4, -0.2) is 18.3 Å². The lowest BCUT2D eigenvalue weighted by molar-refractivity contribution is -0.389. The molecule has 0 radical (unpaired) electrons. The van der Waals surface area contributed by atoms with Gasteiger partial charge in [0.1, 0.15) is 6.20 Å². The van der Waals surface area contributed by atoms with Crippen LogP contribution in [-0.2, 0) is 15.8 Å². The van der Waals surface area contributed by atoms with Crippen molar-refractivity contribution in [2.45, 2.75) is 5.75 Å². The fourth-order valence-corrected chi connectivity index (χ4v) is 1.48. The lowest BCUT2D eigenvalue weighted by Gasteiger charge is -1.96. The number of hydrogen-bond acceptors (Lipinski definition) is 5. The summed E-state index contributed by atoms with van der Waals surface area (Å²) < 4.78 is 21.3. The van der Waals surface area contributed by atoms with E-state index in [4.69, 9.17) is 5.14 Å². The van der Waals surface area contributed by atoms with Crippen LogP contribution in [0.25, 0.3) is 0 Å². The number of aromatic nitrogens is 1. The molecule has 1 aromatic heterocycles. The Bertz CT molecular complexity index is 439. The van der Waals surface area contributed by atoms with Gasteiger partial charge >= 0.3 is 5.82 Å². The van der Waals surface area contributed by atoms with Crippen LogP contribution in [0.1, 0.15) is 5.56 Å². The second-order valence-corrected chi connectivity index (χ2v) is 4.20. The Labute approximate surface area is 79.8 Å². The van der Waals surface area contributed by atoms with Crippen LogP contribution in [0.2, 0.25) is 0 Å². The number of nitrogens with two attached hydrogens (primary N) is 1. The van der Waals surface area contributed by atoms with Crippen LogP contribution in [0.5, 0.6) is 0 Å². The van der Waals surface area contributed by atoms with Gasteiger partial charge in [-0.05, 0) is 16.0 Å². The molecule has 76 valence electrons. The summed E-state index contributed by atoms with van der Waals surface area (Å²) in [6.07, 6.45) is 1.11. The molecule has 1 heterocycles. The standard InChI is InChI=1S/C6H7N3O4S/c7-14(12,13)4-5-1-2-6(8-3-5)9(10)11/h1-3H,4H2,(H2,7,12,13).